The summed E-state index contributed by atoms with van der Waals surface area (Å²) in [4.78, 5) is 28.6. The number of hydrogen-bond acceptors (Lipinski definition) is 5. The second kappa shape index (κ2) is 12.0. The minimum Gasteiger partial charge on any atom is -0.477 e. The number of hydrogen-bond donors (Lipinski definition) is 1. The minimum absolute atomic E-state index is 0.0135. The Morgan fingerprint density at radius 3 is 2.23 bits per heavy atom. The first-order valence-corrected chi connectivity index (χ1v) is 14.8. The molecule has 0 unspecified atom stereocenters. The summed E-state index contributed by atoms with van der Waals surface area (Å²) in [5.74, 6) is -0.323. The highest BCUT2D eigenvalue weighted by Gasteiger charge is 2.38. The molecule has 8 nitrogen and oxygen atoms in total. The molecule has 0 radical (unpaired) electrons. The number of sulfonamides is 1. The quantitative estimate of drug-likeness (QED) is 0.458. The molecule has 1 aliphatic carbocycles. The lowest BCUT2D eigenvalue weighted by atomic mass is 9.95. The van der Waals surface area contributed by atoms with E-state index in [1.165, 1.54) is 9.21 Å². The van der Waals surface area contributed by atoms with E-state index in [1.54, 1.807) is 54.6 Å². The fourth-order valence-corrected chi connectivity index (χ4v) is 6.89. The van der Waals surface area contributed by atoms with Crippen molar-refractivity contribution in [1.82, 2.24) is 9.62 Å². The van der Waals surface area contributed by atoms with Crippen LogP contribution in [0.2, 0.25) is 0 Å². The molecule has 1 heterocycles. The summed E-state index contributed by atoms with van der Waals surface area (Å²) in [6.45, 7) is 0.00878. The molecular weight excluding hydrogens is 514 g/mol. The Balaban J connectivity index is 1.38. The third-order valence-corrected chi connectivity index (χ3v) is 9.21. The lowest BCUT2D eigenvalue weighted by Gasteiger charge is -2.37. The predicted octanol–water partition coefficient (Wildman–Crippen LogP) is 4.12. The van der Waals surface area contributed by atoms with Crippen molar-refractivity contribution in [3.8, 4) is 5.75 Å². The van der Waals surface area contributed by atoms with Crippen LogP contribution in [0, 0.1) is 0 Å². The Hall–Kier alpha value is -3.69. The number of benzene rings is 3. The van der Waals surface area contributed by atoms with Gasteiger partial charge in [-0.2, -0.15) is 4.31 Å². The largest absolute Gasteiger partial charge is 0.477 e. The molecule has 1 saturated carbocycles. The Bertz CT molecular complexity index is 1390. The Labute approximate surface area is 229 Å². The van der Waals surface area contributed by atoms with Crippen LogP contribution in [0.25, 0.3) is 0 Å². The highest BCUT2D eigenvalue weighted by atomic mass is 32.2. The number of nitrogens with one attached hydrogen (secondary N) is 1. The van der Waals surface area contributed by atoms with Crippen molar-refractivity contribution >= 4 is 27.5 Å². The van der Waals surface area contributed by atoms with Crippen molar-refractivity contribution < 1.29 is 22.7 Å². The zero-order valence-electron chi connectivity index (χ0n) is 21.7. The van der Waals surface area contributed by atoms with Crippen LogP contribution in [0.15, 0.2) is 89.8 Å². The maximum absolute atomic E-state index is 13.9. The van der Waals surface area contributed by atoms with E-state index in [2.05, 4.69) is 5.32 Å². The van der Waals surface area contributed by atoms with Gasteiger partial charge >= 0.3 is 0 Å². The standard InChI is InChI=1S/C30H33N3O5S/c34-29(22-33(24-14-6-2-7-15-24)39(36,37)25-16-8-3-9-17-25)32-21-28(38-27-19-11-10-18-26(27)32)30(35)31-20-23-12-4-1-5-13-23/h1,3-5,8-13,16-19,24,28H,2,6-7,14-15,20-22H2,(H,31,35)/t28-/m1/s1. The summed E-state index contributed by atoms with van der Waals surface area (Å²) < 4.78 is 34.9. The van der Waals surface area contributed by atoms with Crippen molar-refractivity contribution in [3.05, 3.63) is 90.5 Å². The van der Waals surface area contributed by atoms with Crippen molar-refractivity contribution in [2.24, 2.45) is 0 Å². The molecule has 2 aliphatic rings. The molecule has 1 fully saturated rings. The van der Waals surface area contributed by atoms with E-state index in [0.29, 0.717) is 30.8 Å². The molecule has 1 atom stereocenters. The SMILES string of the molecule is O=C(NCc1ccccc1)[C@H]1CN(C(=O)CN(C2CCCCC2)S(=O)(=O)c2ccccc2)c2ccccc2O1. The Morgan fingerprint density at radius 2 is 1.51 bits per heavy atom. The third kappa shape index (κ3) is 6.15. The summed E-state index contributed by atoms with van der Waals surface area (Å²) >= 11 is 0. The first kappa shape index (κ1) is 26.9. The van der Waals surface area contributed by atoms with Gasteiger partial charge in [-0.15, -0.1) is 0 Å². The topological polar surface area (TPSA) is 96.0 Å². The van der Waals surface area contributed by atoms with E-state index in [4.69, 9.17) is 4.74 Å². The summed E-state index contributed by atoms with van der Waals surface area (Å²) in [5.41, 5.74) is 1.47. The van der Waals surface area contributed by atoms with Crippen molar-refractivity contribution in [2.75, 3.05) is 18.0 Å². The van der Waals surface area contributed by atoms with Gasteiger partial charge in [0.1, 0.15) is 5.75 Å². The van der Waals surface area contributed by atoms with Gasteiger partial charge in [-0.3, -0.25) is 9.59 Å². The normalized spacial score (nSPS) is 17.8. The number of ether oxygens (including phenoxy) is 1. The fraction of sp³-hybridized carbons (Fsp3) is 0.333. The molecule has 0 bridgehead atoms. The van der Waals surface area contributed by atoms with Crippen LogP contribution >= 0.6 is 0 Å². The number of rotatable bonds is 8. The molecule has 1 N–H and O–H groups in total. The van der Waals surface area contributed by atoms with Crippen LogP contribution in [0.4, 0.5) is 5.69 Å². The molecule has 39 heavy (non-hydrogen) atoms. The average Bonchev–Trinajstić information content (AvgIpc) is 2.99. The van der Waals surface area contributed by atoms with Gasteiger partial charge in [0.05, 0.1) is 23.7 Å². The molecule has 3 aromatic carbocycles. The summed E-state index contributed by atoms with van der Waals surface area (Å²) in [7, 11) is -3.91. The number of anilines is 1. The number of carbonyl (C=O) groups excluding carboxylic acids is 2. The molecule has 3 aromatic rings. The number of nitrogens with zero attached hydrogens (tertiary/aromatic N) is 2. The van der Waals surface area contributed by atoms with Crippen LogP contribution < -0.4 is 15.0 Å². The van der Waals surface area contributed by atoms with E-state index in [0.717, 1.165) is 24.8 Å². The molecule has 5 rings (SSSR count). The summed E-state index contributed by atoms with van der Waals surface area (Å²) in [5, 5.41) is 2.89. The van der Waals surface area contributed by atoms with Crippen LogP contribution in [0.5, 0.6) is 5.75 Å². The highest BCUT2D eigenvalue weighted by Crippen LogP contribution is 2.34. The van der Waals surface area contributed by atoms with Crippen molar-refractivity contribution in [3.63, 3.8) is 0 Å². The van der Waals surface area contributed by atoms with Gasteiger partial charge < -0.3 is 15.0 Å². The van der Waals surface area contributed by atoms with Crippen LogP contribution in [-0.2, 0) is 26.2 Å². The van der Waals surface area contributed by atoms with Gasteiger partial charge in [0.25, 0.3) is 5.91 Å². The Morgan fingerprint density at radius 1 is 0.872 bits per heavy atom. The summed E-state index contributed by atoms with van der Waals surface area (Å²) in [6.07, 6.45) is 3.39. The number of fused-ring (bicyclic) bond motifs is 1. The van der Waals surface area contributed by atoms with E-state index >= 15 is 0 Å². The molecule has 204 valence electrons. The molecule has 9 heteroatoms. The van der Waals surface area contributed by atoms with Gasteiger partial charge in [0, 0.05) is 12.6 Å². The zero-order chi connectivity index (χ0) is 27.2. The van der Waals surface area contributed by atoms with Gasteiger partial charge in [-0.1, -0.05) is 79.9 Å². The van der Waals surface area contributed by atoms with Gasteiger partial charge in [-0.25, -0.2) is 8.42 Å². The second-order valence-electron chi connectivity index (χ2n) is 9.94. The predicted molar refractivity (Wildman–Crippen MR) is 149 cm³/mol. The monoisotopic (exact) mass is 547 g/mol. The van der Waals surface area contributed by atoms with Gasteiger partial charge in [-0.05, 0) is 42.7 Å². The number of amides is 2. The second-order valence-corrected chi connectivity index (χ2v) is 11.8. The molecule has 0 saturated heterocycles. The van der Waals surface area contributed by atoms with E-state index < -0.39 is 22.0 Å². The third-order valence-electron chi connectivity index (χ3n) is 7.30. The maximum Gasteiger partial charge on any atom is 0.263 e. The lowest BCUT2D eigenvalue weighted by molar-refractivity contribution is -0.128. The first-order chi connectivity index (χ1) is 18.9. The van der Waals surface area contributed by atoms with E-state index in [1.807, 2.05) is 30.3 Å². The lowest BCUT2D eigenvalue weighted by Crippen LogP contribution is -2.54. The maximum atomic E-state index is 13.9. The van der Waals surface area contributed by atoms with Gasteiger partial charge in [0.15, 0.2) is 6.10 Å². The van der Waals surface area contributed by atoms with E-state index in [-0.39, 0.29) is 29.9 Å². The van der Waals surface area contributed by atoms with Crippen molar-refractivity contribution in [2.45, 2.75) is 55.7 Å². The minimum atomic E-state index is -3.91. The summed E-state index contributed by atoms with van der Waals surface area (Å²) in [6, 6.07) is 24.6. The number of para-hydroxylation sites is 2. The molecule has 0 aromatic heterocycles. The Kier molecular flexibility index (Phi) is 8.28. The molecule has 2 amide bonds. The van der Waals surface area contributed by atoms with Crippen molar-refractivity contribution in [1.29, 1.82) is 0 Å². The average molecular weight is 548 g/mol. The smallest absolute Gasteiger partial charge is 0.263 e. The van der Waals surface area contributed by atoms with Crippen LogP contribution in [-0.4, -0.2) is 49.8 Å². The molecular formula is C30H33N3O5S. The first-order valence-electron chi connectivity index (χ1n) is 13.4. The van der Waals surface area contributed by atoms with Crippen LogP contribution in [0.3, 0.4) is 0 Å². The van der Waals surface area contributed by atoms with Crippen LogP contribution in [0.1, 0.15) is 37.7 Å². The zero-order valence-corrected chi connectivity index (χ0v) is 22.6. The highest BCUT2D eigenvalue weighted by molar-refractivity contribution is 7.89. The van der Waals surface area contributed by atoms with Gasteiger partial charge in [0.2, 0.25) is 15.9 Å². The fourth-order valence-electron chi connectivity index (χ4n) is 5.23. The molecule has 0 spiro atoms. The molecule has 1 aliphatic heterocycles. The number of carbonyl (C=O) groups is 2. The van der Waals surface area contributed by atoms with E-state index in [9.17, 15) is 18.0 Å².